The molecule has 2 rings (SSSR count). The van der Waals surface area contributed by atoms with Gasteiger partial charge in [-0.1, -0.05) is 18.2 Å². The van der Waals surface area contributed by atoms with Crippen LogP contribution < -0.4 is 15.4 Å². The third-order valence-electron chi connectivity index (χ3n) is 2.74. The van der Waals surface area contributed by atoms with Crippen LogP contribution in [-0.4, -0.2) is 18.1 Å². The summed E-state index contributed by atoms with van der Waals surface area (Å²) in [7, 11) is 1.62. The lowest BCUT2D eigenvalue weighted by molar-refractivity contribution is 0.251. The zero-order valence-electron chi connectivity index (χ0n) is 11.5. The van der Waals surface area contributed by atoms with Crippen molar-refractivity contribution in [3.05, 3.63) is 53.7 Å². The summed E-state index contributed by atoms with van der Waals surface area (Å²) in [4.78, 5) is 15.9. The van der Waals surface area contributed by atoms with Gasteiger partial charge in [0.25, 0.3) is 0 Å². The minimum atomic E-state index is -0.279. The number of aromatic nitrogens is 1. The van der Waals surface area contributed by atoms with Crippen LogP contribution in [0.3, 0.4) is 0 Å². The van der Waals surface area contributed by atoms with Crippen LogP contribution in [-0.2, 0) is 6.54 Å². The Morgan fingerprint density at radius 1 is 1.20 bits per heavy atom. The molecule has 0 atom stereocenters. The summed E-state index contributed by atoms with van der Waals surface area (Å²) >= 11 is 0. The predicted molar refractivity (Wildman–Crippen MR) is 77.8 cm³/mol. The summed E-state index contributed by atoms with van der Waals surface area (Å²) < 4.78 is 5.08. The number of rotatable bonds is 4. The van der Waals surface area contributed by atoms with Gasteiger partial charge in [0.2, 0.25) is 0 Å². The van der Waals surface area contributed by atoms with Crippen LogP contribution in [0.25, 0.3) is 0 Å². The van der Waals surface area contributed by atoms with Gasteiger partial charge >= 0.3 is 6.03 Å². The number of amides is 2. The lowest BCUT2D eigenvalue weighted by Crippen LogP contribution is -2.28. The fourth-order valence-corrected chi connectivity index (χ4v) is 1.70. The molecule has 2 amide bonds. The van der Waals surface area contributed by atoms with E-state index in [0.29, 0.717) is 12.4 Å². The van der Waals surface area contributed by atoms with Crippen LogP contribution in [0.4, 0.5) is 10.6 Å². The fourth-order valence-electron chi connectivity index (χ4n) is 1.70. The molecule has 2 N–H and O–H groups in total. The van der Waals surface area contributed by atoms with Crippen molar-refractivity contribution in [2.45, 2.75) is 13.5 Å². The normalized spacial score (nSPS) is 9.90. The summed E-state index contributed by atoms with van der Waals surface area (Å²) in [5.74, 6) is 1.33. The van der Waals surface area contributed by atoms with Gasteiger partial charge in [-0.25, -0.2) is 9.78 Å². The van der Waals surface area contributed by atoms with E-state index in [1.165, 1.54) is 0 Å². The van der Waals surface area contributed by atoms with E-state index in [1.54, 1.807) is 13.2 Å². The second-order valence-corrected chi connectivity index (χ2v) is 4.32. The molecule has 0 fully saturated rings. The number of aryl methyl sites for hydroxylation is 1. The molecule has 5 nitrogen and oxygen atoms in total. The Labute approximate surface area is 118 Å². The maximum atomic E-state index is 11.7. The van der Waals surface area contributed by atoms with Gasteiger partial charge in [-0.2, -0.15) is 0 Å². The molecular formula is C15H17N3O2. The first kappa shape index (κ1) is 13.9. The molecule has 1 heterocycles. The number of anilines is 1. The molecule has 0 saturated heterocycles. The average molecular weight is 271 g/mol. The van der Waals surface area contributed by atoms with Crippen molar-refractivity contribution in [2.24, 2.45) is 0 Å². The van der Waals surface area contributed by atoms with Crippen molar-refractivity contribution in [2.75, 3.05) is 12.4 Å². The zero-order valence-corrected chi connectivity index (χ0v) is 11.5. The average Bonchev–Trinajstić information content (AvgIpc) is 2.46. The molecule has 104 valence electrons. The number of carbonyl (C=O) groups excluding carboxylic acids is 1. The van der Waals surface area contributed by atoms with Gasteiger partial charge < -0.3 is 10.1 Å². The van der Waals surface area contributed by atoms with Crippen molar-refractivity contribution in [1.29, 1.82) is 0 Å². The quantitative estimate of drug-likeness (QED) is 0.898. The molecule has 5 heteroatoms. The molecule has 0 unspecified atom stereocenters. The molecule has 0 bridgehead atoms. The van der Waals surface area contributed by atoms with Crippen LogP contribution in [0.1, 0.15) is 11.3 Å². The number of urea groups is 1. The van der Waals surface area contributed by atoms with Crippen molar-refractivity contribution in [3.63, 3.8) is 0 Å². The van der Waals surface area contributed by atoms with Gasteiger partial charge in [-0.3, -0.25) is 5.32 Å². The van der Waals surface area contributed by atoms with E-state index in [1.807, 2.05) is 43.3 Å². The number of hydrogen-bond acceptors (Lipinski definition) is 3. The van der Waals surface area contributed by atoms with Gasteiger partial charge in [0, 0.05) is 12.2 Å². The Kier molecular flexibility index (Phi) is 4.55. The molecule has 1 aromatic carbocycles. The summed E-state index contributed by atoms with van der Waals surface area (Å²) in [6.07, 6.45) is 0. The number of carbonyl (C=O) groups is 1. The van der Waals surface area contributed by atoms with Crippen molar-refractivity contribution in [1.82, 2.24) is 10.3 Å². The van der Waals surface area contributed by atoms with Gasteiger partial charge in [0.15, 0.2) is 0 Å². The van der Waals surface area contributed by atoms with E-state index in [4.69, 9.17) is 4.74 Å². The van der Waals surface area contributed by atoms with Gasteiger partial charge in [-0.15, -0.1) is 0 Å². The number of pyridine rings is 1. The van der Waals surface area contributed by atoms with E-state index in [-0.39, 0.29) is 6.03 Å². The highest BCUT2D eigenvalue weighted by molar-refractivity contribution is 5.88. The van der Waals surface area contributed by atoms with E-state index in [9.17, 15) is 4.79 Å². The maximum Gasteiger partial charge on any atom is 0.320 e. The first-order chi connectivity index (χ1) is 9.67. The monoisotopic (exact) mass is 271 g/mol. The smallest absolute Gasteiger partial charge is 0.320 e. The lowest BCUT2D eigenvalue weighted by Gasteiger charge is -2.08. The highest BCUT2D eigenvalue weighted by atomic mass is 16.5. The fraction of sp³-hybridized carbons (Fsp3) is 0.200. The molecule has 0 radical (unpaired) electrons. The van der Waals surface area contributed by atoms with Crippen molar-refractivity contribution < 1.29 is 9.53 Å². The standard InChI is InChI=1S/C15H17N3O2/c1-11-4-3-5-14(17-11)18-15(19)16-10-12-6-8-13(20-2)9-7-12/h3-9H,10H2,1-2H3,(H2,16,17,18,19). The van der Waals surface area contributed by atoms with Gasteiger partial charge in [0.05, 0.1) is 7.11 Å². The van der Waals surface area contributed by atoms with Crippen LogP contribution in [0.5, 0.6) is 5.75 Å². The van der Waals surface area contributed by atoms with E-state index in [0.717, 1.165) is 17.0 Å². The minimum Gasteiger partial charge on any atom is -0.497 e. The van der Waals surface area contributed by atoms with Crippen LogP contribution in [0, 0.1) is 6.92 Å². The van der Waals surface area contributed by atoms with E-state index < -0.39 is 0 Å². The van der Waals surface area contributed by atoms with E-state index in [2.05, 4.69) is 15.6 Å². The zero-order chi connectivity index (χ0) is 14.4. The topological polar surface area (TPSA) is 63.2 Å². The number of benzene rings is 1. The van der Waals surface area contributed by atoms with Crippen LogP contribution in [0.15, 0.2) is 42.5 Å². The third-order valence-corrected chi connectivity index (χ3v) is 2.74. The highest BCUT2D eigenvalue weighted by Gasteiger charge is 2.02. The Bertz CT molecular complexity index is 582. The van der Waals surface area contributed by atoms with Crippen molar-refractivity contribution >= 4 is 11.8 Å². The maximum absolute atomic E-state index is 11.7. The molecule has 0 aliphatic rings. The number of ether oxygens (including phenoxy) is 1. The molecule has 0 saturated carbocycles. The first-order valence-electron chi connectivity index (χ1n) is 6.29. The van der Waals surface area contributed by atoms with Crippen LogP contribution in [0.2, 0.25) is 0 Å². The number of nitrogens with one attached hydrogen (secondary N) is 2. The molecular weight excluding hydrogens is 254 g/mol. The molecule has 2 aromatic rings. The number of hydrogen-bond donors (Lipinski definition) is 2. The number of nitrogens with zero attached hydrogens (tertiary/aromatic N) is 1. The molecule has 0 spiro atoms. The SMILES string of the molecule is COc1ccc(CNC(=O)Nc2cccc(C)n2)cc1. The molecule has 0 aliphatic heterocycles. The molecule has 1 aromatic heterocycles. The van der Waals surface area contributed by atoms with Crippen molar-refractivity contribution in [3.8, 4) is 5.75 Å². The Hall–Kier alpha value is -2.56. The lowest BCUT2D eigenvalue weighted by atomic mass is 10.2. The first-order valence-corrected chi connectivity index (χ1v) is 6.29. The van der Waals surface area contributed by atoms with Gasteiger partial charge in [-0.05, 0) is 36.8 Å². The summed E-state index contributed by atoms with van der Waals surface area (Å²) in [6, 6.07) is 12.7. The highest BCUT2D eigenvalue weighted by Crippen LogP contribution is 2.11. The number of methoxy groups -OCH3 is 1. The Balaban J connectivity index is 1.85. The molecule has 0 aliphatic carbocycles. The second kappa shape index (κ2) is 6.56. The third kappa shape index (κ3) is 3.98. The summed E-state index contributed by atoms with van der Waals surface area (Å²) in [6.45, 7) is 2.32. The molecule has 20 heavy (non-hydrogen) atoms. The predicted octanol–water partition coefficient (Wildman–Crippen LogP) is 2.72. The Morgan fingerprint density at radius 2 is 1.95 bits per heavy atom. The van der Waals surface area contributed by atoms with E-state index >= 15 is 0 Å². The summed E-state index contributed by atoms with van der Waals surface area (Å²) in [5.41, 5.74) is 1.86. The Morgan fingerprint density at radius 3 is 2.60 bits per heavy atom. The largest absolute Gasteiger partial charge is 0.497 e. The second-order valence-electron chi connectivity index (χ2n) is 4.32. The van der Waals surface area contributed by atoms with Gasteiger partial charge in [0.1, 0.15) is 11.6 Å². The minimum absolute atomic E-state index is 0.279. The summed E-state index contributed by atoms with van der Waals surface area (Å²) in [5, 5.41) is 5.46. The van der Waals surface area contributed by atoms with Crippen LogP contribution >= 0.6 is 0 Å².